The molecular formula is C18H27N2O3+. The van der Waals surface area contributed by atoms with Crippen molar-refractivity contribution in [2.75, 3.05) is 33.0 Å². The van der Waals surface area contributed by atoms with Crippen molar-refractivity contribution in [2.45, 2.75) is 33.7 Å². The fourth-order valence-corrected chi connectivity index (χ4v) is 3.15. The highest BCUT2D eigenvalue weighted by Crippen LogP contribution is 2.32. The molecule has 0 aliphatic carbocycles. The number of hydrogen-bond donors (Lipinski definition) is 1. The van der Waals surface area contributed by atoms with Crippen LogP contribution in [0.25, 0.3) is 0 Å². The van der Waals surface area contributed by atoms with E-state index in [1.165, 1.54) is 10.5 Å². The number of carbonyl (C=O) groups is 1. The number of piperazine rings is 1. The van der Waals surface area contributed by atoms with Crippen molar-refractivity contribution in [1.29, 1.82) is 0 Å². The molecule has 0 aromatic heterocycles. The third kappa shape index (κ3) is 4.16. The van der Waals surface area contributed by atoms with Gasteiger partial charge in [0.1, 0.15) is 6.54 Å². The first kappa shape index (κ1) is 16.1. The summed E-state index contributed by atoms with van der Waals surface area (Å²) in [6.07, 6.45) is 0.629. The second-order valence-electron chi connectivity index (χ2n) is 7.73. The Bertz CT molecular complexity index is 572. The van der Waals surface area contributed by atoms with Crippen LogP contribution in [0, 0.1) is 5.41 Å². The Morgan fingerprint density at radius 2 is 1.87 bits per heavy atom. The average molecular weight is 319 g/mol. The highest BCUT2D eigenvalue weighted by atomic mass is 16.7. The zero-order chi connectivity index (χ0) is 16.4. The number of nitrogens with zero attached hydrogens (tertiary/aromatic N) is 1. The monoisotopic (exact) mass is 319 g/mol. The number of hydrogen-bond acceptors (Lipinski definition) is 3. The highest BCUT2D eigenvalue weighted by Gasteiger charge is 2.27. The number of nitrogens with one attached hydrogen (secondary N) is 1. The first-order valence-electron chi connectivity index (χ1n) is 8.41. The summed E-state index contributed by atoms with van der Waals surface area (Å²) in [5.41, 5.74) is 1.33. The predicted molar refractivity (Wildman–Crippen MR) is 87.6 cm³/mol. The molecule has 1 N–H and O–H groups in total. The molecule has 0 spiro atoms. The van der Waals surface area contributed by atoms with E-state index < -0.39 is 0 Å². The molecule has 1 saturated heterocycles. The molecule has 1 aromatic carbocycles. The summed E-state index contributed by atoms with van der Waals surface area (Å²) in [5.74, 6) is 1.97. The van der Waals surface area contributed by atoms with Gasteiger partial charge in [-0.1, -0.05) is 20.8 Å². The second-order valence-corrected chi connectivity index (χ2v) is 7.73. The Morgan fingerprint density at radius 3 is 2.57 bits per heavy atom. The third-order valence-corrected chi connectivity index (χ3v) is 4.40. The number of amides is 1. The summed E-state index contributed by atoms with van der Waals surface area (Å²) in [5, 5.41) is 0. The molecule has 1 fully saturated rings. The van der Waals surface area contributed by atoms with Gasteiger partial charge in [0, 0.05) is 12.0 Å². The highest BCUT2D eigenvalue weighted by molar-refractivity contribution is 5.76. The van der Waals surface area contributed by atoms with E-state index in [1.807, 2.05) is 11.0 Å². The van der Waals surface area contributed by atoms with Crippen LogP contribution in [0.1, 0.15) is 32.8 Å². The van der Waals surface area contributed by atoms with E-state index in [-0.39, 0.29) is 5.41 Å². The van der Waals surface area contributed by atoms with Gasteiger partial charge >= 0.3 is 0 Å². The molecule has 5 heteroatoms. The quantitative estimate of drug-likeness (QED) is 0.907. The molecule has 0 radical (unpaired) electrons. The van der Waals surface area contributed by atoms with Crippen LogP contribution >= 0.6 is 0 Å². The average Bonchev–Trinajstić information content (AvgIpc) is 2.94. The Balaban J connectivity index is 1.50. The largest absolute Gasteiger partial charge is 0.454 e. The minimum absolute atomic E-state index is 0.0631. The van der Waals surface area contributed by atoms with E-state index in [4.69, 9.17) is 9.47 Å². The van der Waals surface area contributed by atoms with E-state index in [0.29, 0.717) is 19.1 Å². The fraction of sp³-hybridized carbons (Fsp3) is 0.611. The molecular weight excluding hydrogens is 292 g/mol. The van der Waals surface area contributed by atoms with E-state index in [2.05, 4.69) is 32.9 Å². The Hall–Kier alpha value is -1.75. The first-order chi connectivity index (χ1) is 10.9. The van der Waals surface area contributed by atoms with Gasteiger partial charge in [-0.05, 0) is 23.6 Å². The van der Waals surface area contributed by atoms with E-state index in [1.54, 1.807) is 0 Å². The molecule has 3 rings (SSSR count). The third-order valence-electron chi connectivity index (χ3n) is 4.40. The molecule has 2 heterocycles. The maximum absolute atomic E-state index is 12.3. The lowest BCUT2D eigenvalue weighted by Gasteiger charge is -2.33. The van der Waals surface area contributed by atoms with Crippen LogP contribution in [0.5, 0.6) is 11.5 Å². The topological polar surface area (TPSA) is 43.2 Å². The number of carbonyl (C=O) groups excluding carboxylic acids is 1. The Kier molecular flexibility index (Phi) is 4.48. The van der Waals surface area contributed by atoms with Gasteiger partial charge < -0.3 is 19.3 Å². The van der Waals surface area contributed by atoms with Crippen LogP contribution in [0.2, 0.25) is 0 Å². The zero-order valence-corrected chi connectivity index (χ0v) is 14.4. The van der Waals surface area contributed by atoms with Crippen molar-refractivity contribution < 1.29 is 19.2 Å². The summed E-state index contributed by atoms with van der Waals surface area (Å²) in [6.45, 7) is 11.4. The minimum Gasteiger partial charge on any atom is -0.454 e. The van der Waals surface area contributed by atoms with Gasteiger partial charge in [-0.25, -0.2) is 0 Å². The van der Waals surface area contributed by atoms with Crippen LogP contribution in [-0.2, 0) is 11.3 Å². The molecule has 23 heavy (non-hydrogen) atoms. The van der Waals surface area contributed by atoms with Crippen molar-refractivity contribution >= 4 is 5.91 Å². The lowest BCUT2D eigenvalue weighted by atomic mass is 9.91. The number of rotatable bonds is 3. The van der Waals surface area contributed by atoms with E-state index >= 15 is 0 Å². The lowest BCUT2D eigenvalue weighted by Crippen LogP contribution is -3.13. The second kappa shape index (κ2) is 6.40. The van der Waals surface area contributed by atoms with Gasteiger partial charge in [0.05, 0.1) is 26.2 Å². The summed E-state index contributed by atoms with van der Waals surface area (Å²) in [6, 6.07) is 6.17. The van der Waals surface area contributed by atoms with Gasteiger partial charge in [0.2, 0.25) is 12.7 Å². The minimum atomic E-state index is 0.0631. The standard InChI is InChI=1S/C18H26N2O3/c1-18(2,3)11-17(21)20-8-6-19(7-9-20)12-14-4-5-15-16(10-14)23-13-22-15/h4-5,10H,6-9,11-13H2,1-3H3/p+1. The maximum atomic E-state index is 12.3. The van der Waals surface area contributed by atoms with Crippen LogP contribution < -0.4 is 14.4 Å². The lowest BCUT2D eigenvalue weighted by molar-refractivity contribution is -0.917. The molecule has 0 saturated carbocycles. The maximum Gasteiger partial charge on any atom is 0.231 e. The normalized spacial score (nSPS) is 18.3. The van der Waals surface area contributed by atoms with Crippen LogP contribution in [0.3, 0.4) is 0 Å². The van der Waals surface area contributed by atoms with Crippen molar-refractivity contribution in [3.8, 4) is 11.5 Å². The van der Waals surface area contributed by atoms with Crippen LogP contribution in [0.15, 0.2) is 18.2 Å². The van der Waals surface area contributed by atoms with Gasteiger partial charge in [0.15, 0.2) is 11.5 Å². The number of benzene rings is 1. The summed E-state index contributed by atoms with van der Waals surface area (Å²) < 4.78 is 10.8. The summed E-state index contributed by atoms with van der Waals surface area (Å²) in [7, 11) is 0. The van der Waals surface area contributed by atoms with E-state index in [9.17, 15) is 4.79 Å². The molecule has 2 aliphatic heterocycles. The smallest absolute Gasteiger partial charge is 0.231 e. The molecule has 2 aliphatic rings. The van der Waals surface area contributed by atoms with Gasteiger partial charge in [-0.2, -0.15) is 0 Å². The van der Waals surface area contributed by atoms with Crippen molar-refractivity contribution in [1.82, 2.24) is 4.90 Å². The van der Waals surface area contributed by atoms with Crippen molar-refractivity contribution in [3.05, 3.63) is 23.8 Å². The Labute approximate surface area is 138 Å². The van der Waals surface area contributed by atoms with Crippen LogP contribution in [-0.4, -0.2) is 43.8 Å². The fourth-order valence-electron chi connectivity index (χ4n) is 3.15. The van der Waals surface area contributed by atoms with Crippen molar-refractivity contribution in [3.63, 3.8) is 0 Å². The molecule has 1 amide bonds. The van der Waals surface area contributed by atoms with E-state index in [0.717, 1.165) is 44.2 Å². The molecule has 0 bridgehead atoms. The number of ether oxygens (including phenoxy) is 2. The molecule has 5 nitrogen and oxygen atoms in total. The zero-order valence-electron chi connectivity index (χ0n) is 14.4. The van der Waals surface area contributed by atoms with Gasteiger partial charge in [0.25, 0.3) is 0 Å². The van der Waals surface area contributed by atoms with Gasteiger partial charge in [-0.3, -0.25) is 4.79 Å². The molecule has 126 valence electrons. The first-order valence-corrected chi connectivity index (χ1v) is 8.41. The van der Waals surface area contributed by atoms with Gasteiger partial charge in [-0.15, -0.1) is 0 Å². The molecule has 0 unspecified atom stereocenters. The Morgan fingerprint density at radius 1 is 1.17 bits per heavy atom. The summed E-state index contributed by atoms with van der Waals surface area (Å²) >= 11 is 0. The molecule has 1 aromatic rings. The predicted octanol–water partition coefficient (Wildman–Crippen LogP) is 1.08. The van der Waals surface area contributed by atoms with Crippen molar-refractivity contribution in [2.24, 2.45) is 5.41 Å². The number of fused-ring (bicyclic) bond motifs is 1. The van der Waals surface area contributed by atoms with Crippen LogP contribution in [0.4, 0.5) is 0 Å². The molecule has 0 atom stereocenters. The summed E-state index contributed by atoms with van der Waals surface area (Å²) in [4.78, 5) is 15.8. The number of quaternary nitrogens is 1. The SMILES string of the molecule is CC(C)(C)CC(=O)N1CC[NH+](Cc2ccc3c(c2)OCO3)CC1.